The van der Waals surface area contributed by atoms with Crippen LogP contribution in [0.15, 0.2) is 72.8 Å². The van der Waals surface area contributed by atoms with E-state index >= 15 is 0 Å². The fraction of sp³-hybridized carbons (Fsp3) is 0.214. The van der Waals surface area contributed by atoms with Crippen molar-refractivity contribution in [3.63, 3.8) is 0 Å². The summed E-state index contributed by atoms with van der Waals surface area (Å²) in [6.45, 7) is -0.415. The van der Waals surface area contributed by atoms with Crippen molar-refractivity contribution in [3.8, 4) is 5.75 Å². The highest BCUT2D eigenvalue weighted by molar-refractivity contribution is 5.91. The molecule has 0 atom stereocenters. The Kier molecular flexibility index (Phi) is 9.70. The molecule has 3 aromatic carbocycles. The lowest BCUT2D eigenvalue weighted by Gasteiger charge is -2.18. The second-order valence-corrected chi connectivity index (χ2v) is 8.53. The zero-order valence-corrected chi connectivity index (χ0v) is 20.9. The molecule has 0 saturated carbocycles. The monoisotopic (exact) mass is 564 g/mol. The SMILES string of the molecule is Nc1cc(N)cc(C(=O)OCCOC(=O)/C=C/c2ccc(OC(F)(F)c3ccc(CCC(F)(F)F)cc3)cc2)c1. The zero-order chi connectivity index (χ0) is 29.3. The van der Waals surface area contributed by atoms with Crippen LogP contribution >= 0.6 is 0 Å². The molecule has 0 heterocycles. The highest BCUT2D eigenvalue weighted by Gasteiger charge is 2.34. The van der Waals surface area contributed by atoms with Crippen LogP contribution in [0, 0.1) is 0 Å². The van der Waals surface area contributed by atoms with Gasteiger partial charge in [-0.15, -0.1) is 0 Å². The first kappa shape index (κ1) is 29.9. The molecule has 40 heavy (non-hydrogen) atoms. The van der Waals surface area contributed by atoms with Gasteiger partial charge < -0.3 is 25.7 Å². The molecule has 0 radical (unpaired) electrons. The van der Waals surface area contributed by atoms with Gasteiger partial charge in [0.05, 0.1) is 11.1 Å². The number of aryl methyl sites for hydroxylation is 1. The summed E-state index contributed by atoms with van der Waals surface area (Å²) < 4.78 is 80.7. The summed E-state index contributed by atoms with van der Waals surface area (Å²) in [7, 11) is 0. The van der Waals surface area contributed by atoms with E-state index in [0.29, 0.717) is 16.9 Å². The van der Waals surface area contributed by atoms with Crippen molar-refractivity contribution in [1.29, 1.82) is 0 Å². The molecular formula is C28H25F5N2O5. The molecule has 0 unspecified atom stereocenters. The number of anilines is 2. The van der Waals surface area contributed by atoms with Gasteiger partial charge in [0, 0.05) is 23.9 Å². The van der Waals surface area contributed by atoms with E-state index in [4.69, 9.17) is 25.7 Å². The number of esters is 2. The molecule has 212 valence electrons. The van der Waals surface area contributed by atoms with Gasteiger partial charge in [0.15, 0.2) is 0 Å². The summed E-state index contributed by atoms with van der Waals surface area (Å²) in [5.74, 6) is -1.58. The predicted octanol–water partition coefficient (Wildman–Crippen LogP) is 5.89. The smallest absolute Gasteiger partial charge is 0.426 e. The Hall–Kier alpha value is -4.61. The van der Waals surface area contributed by atoms with Crippen molar-refractivity contribution < 1.29 is 45.8 Å². The topological polar surface area (TPSA) is 114 Å². The van der Waals surface area contributed by atoms with E-state index in [2.05, 4.69) is 0 Å². The largest absolute Gasteiger partial charge is 0.459 e. The highest BCUT2D eigenvalue weighted by atomic mass is 19.4. The van der Waals surface area contributed by atoms with Gasteiger partial charge in [0.2, 0.25) is 0 Å². The lowest BCUT2D eigenvalue weighted by Crippen LogP contribution is -2.21. The van der Waals surface area contributed by atoms with Crippen LogP contribution in [0.2, 0.25) is 0 Å². The summed E-state index contributed by atoms with van der Waals surface area (Å²) in [5, 5.41) is 0. The van der Waals surface area contributed by atoms with Crippen LogP contribution in [0.25, 0.3) is 6.08 Å². The molecular weight excluding hydrogens is 539 g/mol. The van der Waals surface area contributed by atoms with Crippen molar-refractivity contribution >= 4 is 29.4 Å². The summed E-state index contributed by atoms with van der Waals surface area (Å²) >= 11 is 0. The van der Waals surface area contributed by atoms with Crippen LogP contribution in [-0.2, 0) is 26.8 Å². The summed E-state index contributed by atoms with van der Waals surface area (Å²) in [6, 6.07) is 14.1. The van der Waals surface area contributed by atoms with E-state index in [-0.39, 0.29) is 36.5 Å². The van der Waals surface area contributed by atoms with Gasteiger partial charge in [-0.05, 0) is 66.1 Å². The average Bonchev–Trinajstić information content (AvgIpc) is 2.88. The molecule has 0 fully saturated rings. The summed E-state index contributed by atoms with van der Waals surface area (Å²) in [5.41, 5.74) is 12.2. The van der Waals surface area contributed by atoms with Crippen molar-refractivity contribution in [2.24, 2.45) is 0 Å². The number of benzene rings is 3. The van der Waals surface area contributed by atoms with Crippen molar-refractivity contribution in [1.82, 2.24) is 0 Å². The standard InChI is InChI=1S/C28H25F5N2O5/c29-27(30,31)12-11-19-1-6-21(7-2-19)28(32,33)40-24-8-3-18(4-9-24)5-10-25(36)38-13-14-39-26(37)20-15-22(34)17-23(35)16-20/h1-10,15-17H,11-14,34-35H2/b10-5+. The van der Waals surface area contributed by atoms with Gasteiger partial charge in [0.25, 0.3) is 0 Å². The van der Waals surface area contributed by atoms with Crippen molar-refractivity contribution in [2.75, 3.05) is 24.7 Å². The second kappa shape index (κ2) is 13.0. The fourth-order valence-corrected chi connectivity index (χ4v) is 3.37. The number of carbonyl (C=O) groups is 2. The molecule has 0 aliphatic carbocycles. The molecule has 0 aliphatic heterocycles. The minimum Gasteiger partial charge on any atom is -0.459 e. The van der Waals surface area contributed by atoms with Gasteiger partial charge >= 0.3 is 24.2 Å². The molecule has 0 amide bonds. The fourth-order valence-electron chi connectivity index (χ4n) is 3.37. The number of nitrogens with two attached hydrogens (primary N) is 2. The molecule has 0 aromatic heterocycles. The lowest BCUT2D eigenvalue weighted by molar-refractivity contribution is -0.185. The first-order valence-electron chi connectivity index (χ1n) is 11.8. The number of halogens is 5. The van der Waals surface area contributed by atoms with Crippen LogP contribution in [-0.4, -0.2) is 31.3 Å². The number of nitrogen functional groups attached to an aromatic ring is 2. The van der Waals surface area contributed by atoms with Gasteiger partial charge in [-0.25, -0.2) is 9.59 Å². The van der Waals surface area contributed by atoms with Gasteiger partial charge in [-0.3, -0.25) is 0 Å². The molecule has 0 aliphatic rings. The van der Waals surface area contributed by atoms with Crippen LogP contribution in [0.5, 0.6) is 5.75 Å². The Morgan fingerprint density at radius 1 is 0.800 bits per heavy atom. The molecule has 3 aromatic rings. The third kappa shape index (κ3) is 9.61. The van der Waals surface area contributed by atoms with E-state index in [1.807, 2.05) is 0 Å². The molecule has 0 spiro atoms. The minimum atomic E-state index is -4.33. The maximum absolute atomic E-state index is 14.5. The van der Waals surface area contributed by atoms with Crippen molar-refractivity contribution in [3.05, 3.63) is 95.1 Å². The van der Waals surface area contributed by atoms with E-state index in [1.165, 1.54) is 60.7 Å². The summed E-state index contributed by atoms with van der Waals surface area (Å²) in [6.07, 6.45) is -6.94. The maximum Gasteiger partial charge on any atom is 0.426 e. The Balaban J connectivity index is 1.44. The van der Waals surface area contributed by atoms with Gasteiger partial charge in [-0.2, -0.15) is 22.0 Å². The third-order valence-corrected chi connectivity index (χ3v) is 5.30. The maximum atomic E-state index is 14.5. The number of hydrogen-bond acceptors (Lipinski definition) is 7. The second-order valence-electron chi connectivity index (χ2n) is 8.53. The number of rotatable bonds is 11. The van der Waals surface area contributed by atoms with Crippen LogP contribution in [0.3, 0.4) is 0 Å². The highest BCUT2D eigenvalue weighted by Crippen LogP contribution is 2.32. The van der Waals surface area contributed by atoms with E-state index in [0.717, 1.165) is 18.2 Å². The normalized spacial score (nSPS) is 11.8. The third-order valence-electron chi connectivity index (χ3n) is 5.30. The minimum absolute atomic E-state index is 0.159. The number of carbonyl (C=O) groups excluding carboxylic acids is 2. The molecule has 12 heteroatoms. The van der Waals surface area contributed by atoms with E-state index < -0.39 is 36.2 Å². The molecule has 4 N–H and O–H groups in total. The van der Waals surface area contributed by atoms with Crippen molar-refractivity contribution in [2.45, 2.75) is 25.1 Å². The van der Waals surface area contributed by atoms with Gasteiger partial charge in [0.1, 0.15) is 19.0 Å². The van der Waals surface area contributed by atoms with E-state index in [9.17, 15) is 31.5 Å². The number of hydrogen-bond donors (Lipinski definition) is 2. The Morgan fingerprint density at radius 3 is 2.00 bits per heavy atom. The molecule has 0 bridgehead atoms. The van der Waals surface area contributed by atoms with E-state index in [1.54, 1.807) is 0 Å². The quantitative estimate of drug-likeness (QED) is 0.0982. The Morgan fingerprint density at radius 2 is 1.40 bits per heavy atom. The first-order valence-corrected chi connectivity index (χ1v) is 11.8. The number of ether oxygens (including phenoxy) is 3. The van der Waals surface area contributed by atoms with Crippen LogP contribution in [0.4, 0.5) is 33.3 Å². The van der Waals surface area contributed by atoms with Crippen LogP contribution < -0.4 is 16.2 Å². The first-order chi connectivity index (χ1) is 18.8. The summed E-state index contributed by atoms with van der Waals surface area (Å²) in [4.78, 5) is 23.9. The predicted molar refractivity (Wildman–Crippen MR) is 137 cm³/mol. The van der Waals surface area contributed by atoms with Crippen LogP contribution in [0.1, 0.15) is 33.5 Å². The Bertz CT molecular complexity index is 1320. The molecule has 0 saturated heterocycles. The average molecular weight is 565 g/mol. The number of alkyl halides is 5. The zero-order valence-electron chi connectivity index (χ0n) is 20.9. The lowest BCUT2D eigenvalue weighted by atomic mass is 10.1. The molecule has 7 nitrogen and oxygen atoms in total. The Labute approximate surface area is 226 Å². The van der Waals surface area contributed by atoms with Gasteiger partial charge in [-0.1, -0.05) is 24.3 Å². The molecule has 3 rings (SSSR count).